The molecule has 0 spiro atoms. The summed E-state index contributed by atoms with van der Waals surface area (Å²) in [5.41, 5.74) is 7.53. The molecule has 0 atom stereocenters. The van der Waals surface area contributed by atoms with Crippen LogP contribution < -0.4 is 11.1 Å². The fourth-order valence-electron chi connectivity index (χ4n) is 1.45. The van der Waals surface area contributed by atoms with Gasteiger partial charge in [-0.1, -0.05) is 11.6 Å². The predicted octanol–water partition coefficient (Wildman–Crippen LogP) is 4.27. The van der Waals surface area contributed by atoms with Gasteiger partial charge < -0.3 is 11.1 Å². The molecule has 0 unspecified atom stereocenters. The topological polar surface area (TPSA) is 50.9 Å². The van der Waals surface area contributed by atoms with Gasteiger partial charge in [0.2, 0.25) is 0 Å². The van der Waals surface area contributed by atoms with Crippen molar-refractivity contribution >= 4 is 44.7 Å². The molecule has 0 bridgehead atoms. The highest BCUT2D eigenvalue weighted by Crippen LogP contribution is 2.29. The van der Waals surface area contributed by atoms with Gasteiger partial charge in [-0.05, 0) is 46.6 Å². The van der Waals surface area contributed by atoms with Crippen LogP contribution in [0.25, 0.3) is 0 Å². The molecule has 0 aliphatic carbocycles. The van der Waals surface area contributed by atoms with Gasteiger partial charge in [-0.3, -0.25) is 0 Å². The number of nitrogens with two attached hydrogens (primary N) is 1. The minimum Gasteiger partial charge on any atom is -0.397 e. The number of anilines is 3. The molecule has 3 N–H and O–H groups in total. The molecular weight excluding hydrogens is 321 g/mol. The molecule has 1 aromatic heterocycles. The lowest BCUT2D eigenvalue weighted by Crippen LogP contribution is -1.98. The van der Waals surface area contributed by atoms with Gasteiger partial charge in [0.05, 0.1) is 21.4 Å². The molecule has 6 heteroatoms. The number of nitrogens with one attached hydrogen (secondary N) is 1. The van der Waals surface area contributed by atoms with Crippen molar-refractivity contribution in [3.63, 3.8) is 0 Å². The first-order valence-electron chi connectivity index (χ1n) is 5.11. The van der Waals surface area contributed by atoms with E-state index in [0.29, 0.717) is 21.0 Å². The minimum atomic E-state index is -0.311. The molecule has 1 heterocycles. The van der Waals surface area contributed by atoms with Gasteiger partial charge in [-0.2, -0.15) is 0 Å². The molecule has 2 aromatic rings. The monoisotopic (exact) mass is 329 g/mol. The molecule has 0 saturated carbocycles. The number of aryl methyl sites for hydroxylation is 1. The van der Waals surface area contributed by atoms with Crippen molar-refractivity contribution in [3.05, 3.63) is 45.3 Å². The maximum Gasteiger partial charge on any atom is 0.149 e. The van der Waals surface area contributed by atoms with Gasteiger partial charge in [-0.25, -0.2) is 9.37 Å². The third-order valence-corrected chi connectivity index (χ3v) is 3.28. The lowest BCUT2D eigenvalue weighted by molar-refractivity contribution is 0.620. The summed E-state index contributed by atoms with van der Waals surface area (Å²) in [5, 5.41) is 3.45. The smallest absolute Gasteiger partial charge is 0.149 e. The van der Waals surface area contributed by atoms with Gasteiger partial charge in [0.1, 0.15) is 11.6 Å². The Morgan fingerprint density at radius 1 is 1.39 bits per heavy atom. The van der Waals surface area contributed by atoms with Crippen molar-refractivity contribution < 1.29 is 4.39 Å². The molecule has 0 aliphatic heterocycles. The first-order valence-corrected chi connectivity index (χ1v) is 6.28. The largest absolute Gasteiger partial charge is 0.397 e. The number of halogens is 3. The third-order valence-electron chi connectivity index (χ3n) is 2.38. The second-order valence-corrected chi connectivity index (χ2v) is 5.07. The number of rotatable bonds is 2. The Morgan fingerprint density at radius 3 is 2.78 bits per heavy atom. The number of pyridine rings is 1. The Bertz CT molecular complexity index is 604. The van der Waals surface area contributed by atoms with Crippen molar-refractivity contribution in [1.29, 1.82) is 0 Å². The van der Waals surface area contributed by atoms with Crippen molar-refractivity contribution in [3.8, 4) is 0 Å². The highest BCUT2D eigenvalue weighted by molar-refractivity contribution is 9.10. The number of benzene rings is 1. The average molecular weight is 331 g/mol. The Kier molecular flexibility index (Phi) is 3.73. The Hall–Kier alpha value is -1.33. The van der Waals surface area contributed by atoms with Crippen LogP contribution in [-0.4, -0.2) is 4.98 Å². The lowest BCUT2D eigenvalue weighted by atomic mass is 10.2. The van der Waals surface area contributed by atoms with Crippen LogP contribution in [0.3, 0.4) is 0 Å². The molecule has 0 radical (unpaired) electrons. The zero-order valence-electron chi connectivity index (χ0n) is 9.47. The van der Waals surface area contributed by atoms with Crippen LogP contribution in [0, 0.1) is 12.7 Å². The Morgan fingerprint density at radius 2 is 2.11 bits per heavy atom. The van der Waals surface area contributed by atoms with Crippen LogP contribution in [0.5, 0.6) is 0 Å². The predicted molar refractivity (Wildman–Crippen MR) is 75.8 cm³/mol. The second-order valence-electron chi connectivity index (χ2n) is 3.81. The number of aromatic nitrogens is 1. The standard InChI is InChI=1S/C12H10BrClFN3/c1-6-2-10(15)8(13)4-11(6)18-12-9(14)3-7(16)5-17-12/h2-5H,16H2,1H3,(H,17,18). The van der Waals surface area contributed by atoms with E-state index in [2.05, 4.69) is 26.2 Å². The van der Waals surface area contributed by atoms with E-state index in [1.54, 1.807) is 19.1 Å². The summed E-state index contributed by atoms with van der Waals surface area (Å²) < 4.78 is 13.7. The summed E-state index contributed by atoms with van der Waals surface area (Å²) in [6.07, 6.45) is 1.50. The average Bonchev–Trinajstić information content (AvgIpc) is 2.29. The first kappa shape index (κ1) is 13.1. The summed E-state index contributed by atoms with van der Waals surface area (Å²) in [5.74, 6) is 0.168. The molecule has 0 aliphatic rings. The molecule has 0 saturated heterocycles. The number of hydrogen-bond donors (Lipinski definition) is 2. The van der Waals surface area contributed by atoms with Gasteiger partial charge in [0.25, 0.3) is 0 Å². The fraction of sp³-hybridized carbons (Fsp3) is 0.0833. The Labute approximate surface area is 117 Å². The SMILES string of the molecule is Cc1cc(F)c(Br)cc1Nc1ncc(N)cc1Cl. The summed E-state index contributed by atoms with van der Waals surface area (Å²) in [6, 6.07) is 4.67. The summed E-state index contributed by atoms with van der Waals surface area (Å²) in [7, 11) is 0. The summed E-state index contributed by atoms with van der Waals surface area (Å²) in [6.45, 7) is 1.79. The van der Waals surface area contributed by atoms with E-state index in [1.807, 2.05) is 0 Å². The highest BCUT2D eigenvalue weighted by atomic mass is 79.9. The van der Waals surface area contributed by atoms with Crippen LogP contribution in [0.4, 0.5) is 21.6 Å². The van der Waals surface area contributed by atoms with Crippen LogP contribution in [0.2, 0.25) is 5.02 Å². The quantitative estimate of drug-likeness (QED) is 0.864. The third kappa shape index (κ3) is 2.73. The molecule has 0 fully saturated rings. The highest BCUT2D eigenvalue weighted by Gasteiger charge is 2.08. The molecule has 3 nitrogen and oxygen atoms in total. The summed E-state index contributed by atoms with van der Waals surface area (Å²) in [4.78, 5) is 4.09. The Balaban J connectivity index is 2.37. The minimum absolute atomic E-state index is 0.311. The van der Waals surface area contributed by atoms with E-state index in [0.717, 1.165) is 11.3 Å². The van der Waals surface area contributed by atoms with Crippen molar-refractivity contribution in [2.24, 2.45) is 0 Å². The van der Waals surface area contributed by atoms with Crippen LogP contribution in [-0.2, 0) is 0 Å². The second kappa shape index (κ2) is 5.12. The maximum absolute atomic E-state index is 13.3. The van der Waals surface area contributed by atoms with Crippen molar-refractivity contribution in [2.75, 3.05) is 11.1 Å². The van der Waals surface area contributed by atoms with E-state index in [4.69, 9.17) is 17.3 Å². The molecule has 18 heavy (non-hydrogen) atoms. The fourth-order valence-corrected chi connectivity index (χ4v) is 2.02. The zero-order valence-corrected chi connectivity index (χ0v) is 11.8. The molecule has 0 amide bonds. The van der Waals surface area contributed by atoms with Crippen molar-refractivity contribution in [1.82, 2.24) is 4.98 Å². The molecule has 94 valence electrons. The number of nitrogen functional groups attached to an aromatic ring is 1. The lowest BCUT2D eigenvalue weighted by Gasteiger charge is -2.11. The molecule has 2 rings (SSSR count). The number of hydrogen-bond acceptors (Lipinski definition) is 3. The van der Waals surface area contributed by atoms with Gasteiger partial charge in [0, 0.05) is 5.69 Å². The van der Waals surface area contributed by atoms with Crippen LogP contribution in [0.15, 0.2) is 28.9 Å². The maximum atomic E-state index is 13.3. The van der Waals surface area contributed by atoms with E-state index in [1.165, 1.54) is 12.3 Å². The van der Waals surface area contributed by atoms with E-state index >= 15 is 0 Å². The van der Waals surface area contributed by atoms with Crippen LogP contribution in [0.1, 0.15) is 5.56 Å². The van der Waals surface area contributed by atoms with E-state index in [9.17, 15) is 4.39 Å². The number of nitrogens with zero attached hydrogens (tertiary/aromatic N) is 1. The van der Waals surface area contributed by atoms with Gasteiger partial charge in [-0.15, -0.1) is 0 Å². The zero-order chi connectivity index (χ0) is 13.3. The first-order chi connectivity index (χ1) is 8.47. The van der Waals surface area contributed by atoms with E-state index in [-0.39, 0.29) is 5.82 Å². The summed E-state index contributed by atoms with van der Waals surface area (Å²) >= 11 is 9.15. The van der Waals surface area contributed by atoms with Gasteiger partial charge >= 0.3 is 0 Å². The normalized spacial score (nSPS) is 10.4. The molecule has 1 aromatic carbocycles. The van der Waals surface area contributed by atoms with Crippen LogP contribution >= 0.6 is 27.5 Å². The van der Waals surface area contributed by atoms with Crippen molar-refractivity contribution in [2.45, 2.75) is 6.92 Å². The molecular formula is C12H10BrClFN3. The van der Waals surface area contributed by atoms with Gasteiger partial charge in [0.15, 0.2) is 0 Å². The van der Waals surface area contributed by atoms with E-state index < -0.39 is 0 Å².